The second-order valence-electron chi connectivity index (χ2n) is 3.54. The SMILES string of the molecule is COC(=O)N1CC2CNCC1C2. The number of amides is 1. The van der Waals surface area contributed by atoms with Gasteiger partial charge in [-0.2, -0.15) is 0 Å². The minimum Gasteiger partial charge on any atom is -0.453 e. The fraction of sp³-hybridized carbons (Fsp3) is 0.875. The Morgan fingerprint density at radius 3 is 3.08 bits per heavy atom. The van der Waals surface area contributed by atoms with Crippen LogP contribution in [0.5, 0.6) is 0 Å². The summed E-state index contributed by atoms with van der Waals surface area (Å²) in [7, 11) is 1.44. The smallest absolute Gasteiger partial charge is 0.409 e. The zero-order valence-corrected chi connectivity index (χ0v) is 7.25. The van der Waals surface area contributed by atoms with Gasteiger partial charge in [-0.05, 0) is 18.9 Å². The van der Waals surface area contributed by atoms with Crippen LogP contribution in [0.2, 0.25) is 0 Å². The molecule has 2 aliphatic rings. The van der Waals surface area contributed by atoms with Gasteiger partial charge in [-0.1, -0.05) is 0 Å². The number of fused-ring (bicyclic) bond motifs is 2. The number of carbonyl (C=O) groups excluding carboxylic acids is 1. The Morgan fingerprint density at radius 2 is 2.42 bits per heavy atom. The van der Waals surface area contributed by atoms with Crippen LogP contribution in [0.15, 0.2) is 0 Å². The number of likely N-dealkylation sites (tertiary alicyclic amines) is 1. The van der Waals surface area contributed by atoms with Crippen LogP contribution < -0.4 is 5.32 Å². The average Bonchev–Trinajstić information content (AvgIpc) is 2.40. The molecule has 0 radical (unpaired) electrons. The Morgan fingerprint density at radius 1 is 1.58 bits per heavy atom. The molecule has 1 N–H and O–H groups in total. The normalized spacial score (nSPS) is 33.6. The van der Waals surface area contributed by atoms with Crippen molar-refractivity contribution in [2.24, 2.45) is 5.92 Å². The van der Waals surface area contributed by atoms with E-state index in [9.17, 15) is 4.79 Å². The van der Waals surface area contributed by atoms with E-state index >= 15 is 0 Å². The molecule has 2 aliphatic heterocycles. The number of carbonyl (C=O) groups is 1. The third-order valence-electron chi connectivity index (χ3n) is 2.72. The minimum atomic E-state index is -0.175. The molecule has 2 unspecified atom stereocenters. The molecular weight excluding hydrogens is 156 g/mol. The van der Waals surface area contributed by atoms with Gasteiger partial charge in [0.25, 0.3) is 0 Å². The molecule has 68 valence electrons. The number of nitrogens with one attached hydrogen (secondary N) is 1. The number of hydrogen-bond donors (Lipinski definition) is 1. The Labute approximate surface area is 71.9 Å². The average molecular weight is 170 g/mol. The lowest BCUT2D eigenvalue weighted by atomic mass is 10.0. The number of methoxy groups -OCH3 is 1. The lowest BCUT2D eigenvalue weighted by molar-refractivity contribution is 0.120. The molecule has 2 saturated heterocycles. The Hall–Kier alpha value is -0.770. The Balaban J connectivity index is 2.04. The van der Waals surface area contributed by atoms with Gasteiger partial charge in [-0.3, -0.25) is 0 Å². The van der Waals surface area contributed by atoms with Crippen LogP contribution in [0.25, 0.3) is 0 Å². The predicted molar refractivity (Wildman–Crippen MR) is 43.9 cm³/mol. The van der Waals surface area contributed by atoms with Crippen molar-refractivity contribution >= 4 is 6.09 Å². The topological polar surface area (TPSA) is 41.6 Å². The highest BCUT2D eigenvalue weighted by atomic mass is 16.5. The van der Waals surface area contributed by atoms with E-state index in [4.69, 9.17) is 4.74 Å². The third kappa shape index (κ3) is 1.16. The third-order valence-corrected chi connectivity index (χ3v) is 2.72. The van der Waals surface area contributed by atoms with Gasteiger partial charge < -0.3 is 15.0 Å². The van der Waals surface area contributed by atoms with Crippen molar-refractivity contribution in [1.29, 1.82) is 0 Å². The Bertz CT molecular complexity index is 195. The van der Waals surface area contributed by atoms with Crippen LogP contribution in [-0.2, 0) is 4.74 Å². The first-order chi connectivity index (χ1) is 5.81. The minimum absolute atomic E-state index is 0.175. The molecule has 2 bridgehead atoms. The molecular formula is C8H14N2O2. The summed E-state index contributed by atoms with van der Waals surface area (Å²) in [4.78, 5) is 13.1. The fourth-order valence-electron chi connectivity index (χ4n) is 2.15. The molecule has 0 aromatic carbocycles. The van der Waals surface area contributed by atoms with Crippen molar-refractivity contribution < 1.29 is 9.53 Å². The number of hydrogen-bond acceptors (Lipinski definition) is 3. The summed E-state index contributed by atoms with van der Waals surface area (Å²) in [6.45, 7) is 2.83. The van der Waals surface area contributed by atoms with Crippen LogP contribution in [0.1, 0.15) is 6.42 Å². The highest BCUT2D eigenvalue weighted by Crippen LogP contribution is 2.25. The van der Waals surface area contributed by atoms with Gasteiger partial charge >= 0.3 is 6.09 Å². The van der Waals surface area contributed by atoms with Crippen molar-refractivity contribution in [2.45, 2.75) is 12.5 Å². The maximum atomic E-state index is 11.2. The molecule has 2 rings (SSSR count). The predicted octanol–water partition coefficient (Wildman–Crippen LogP) is 0.0465. The van der Waals surface area contributed by atoms with Crippen molar-refractivity contribution in [3.63, 3.8) is 0 Å². The van der Waals surface area contributed by atoms with Gasteiger partial charge in [-0.15, -0.1) is 0 Å². The standard InChI is InChI=1S/C8H14N2O2/c1-12-8(11)10-5-6-2-7(10)4-9-3-6/h6-7,9H,2-5H2,1H3. The van der Waals surface area contributed by atoms with Crippen molar-refractivity contribution in [3.05, 3.63) is 0 Å². The van der Waals surface area contributed by atoms with Crippen molar-refractivity contribution in [3.8, 4) is 0 Å². The van der Waals surface area contributed by atoms with Crippen LogP contribution in [-0.4, -0.2) is 43.8 Å². The molecule has 2 fully saturated rings. The van der Waals surface area contributed by atoms with Crippen LogP contribution in [0, 0.1) is 5.92 Å². The summed E-state index contributed by atoms with van der Waals surface area (Å²) in [5.74, 6) is 0.642. The van der Waals surface area contributed by atoms with E-state index in [-0.39, 0.29) is 6.09 Å². The van der Waals surface area contributed by atoms with Crippen molar-refractivity contribution in [1.82, 2.24) is 10.2 Å². The fourth-order valence-corrected chi connectivity index (χ4v) is 2.15. The van der Waals surface area contributed by atoms with E-state index in [1.807, 2.05) is 4.90 Å². The first kappa shape index (κ1) is 7.86. The number of rotatable bonds is 0. The number of nitrogens with zero attached hydrogens (tertiary/aromatic N) is 1. The molecule has 0 saturated carbocycles. The summed E-state index contributed by atoms with van der Waals surface area (Å²) in [6, 6.07) is 0.371. The number of ether oxygens (including phenoxy) is 1. The molecule has 4 nitrogen and oxygen atoms in total. The summed E-state index contributed by atoms with van der Waals surface area (Å²) in [6.07, 6.45) is 0.966. The van der Waals surface area contributed by atoms with Gasteiger partial charge in [0, 0.05) is 19.1 Å². The maximum absolute atomic E-state index is 11.2. The molecule has 4 heteroatoms. The highest BCUT2D eigenvalue weighted by Gasteiger charge is 2.38. The van der Waals surface area contributed by atoms with Gasteiger partial charge in [-0.25, -0.2) is 4.79 Å². The first-order valence-electron chi connectivity index (χ1n) is 4.36. The van der Waals surface area contributed by atoms with E-state index in [2.05, 4.69) is 5.32 Å². The van der Waals surface area contributed by atoms with Gasteiger partial charge in [0.15, 0.2) is 0 Å². The summed E-state index contributed by atoms with van der Waals surface area (Å²) in [5, 5.41) is 3.31. The van der Waals surface area contributed by atoms with Crippen LogP contribution >= 0.6 is 0 Å². The van der Waals surface area contributed by atoms with E-state index < -0.39 is 0 Å². The lowest BCUT2D eigenvalue weighted by Gasteiger charge is -2.23. The largest absolute Gasteiger partial charge is 0.453 e. The second-order valence-corrected chi connectivity index (χ2v) is 3.54. The number of piperidine rings is 1. The van der Waals surface area contributed by atoms with E-state index in [0.29, 0.717) is 12.0 Å². The highest BCUT2D eigenvalue weighted by molar-refractivity contribution is 5.68. The monoisotopic (exact) mass is 170 g/mol. The molecule has 2 heterocycles. The van der Waals surface area contributed by atoms with Gasteiger partial charge in [0.2, 0.25) is 0 Å². The van der Waals surface area contributed by atoms with Crippen LogP contribution in [0.4, 0.5) is 4.79 Å². The summed E-state index contributed by atoms with van der Waals surface area (Å²) >= 11 is 0. The molecule has 0 aliphatic carbocycles. The molecule has 0 aromatic rings. The van der Waals surface area contributed by atoms with Crippen LogP contribution in [0.3, 0.4) is 0 Å². The van der Waals surface area contributed by atoms with E-state index in [1.54, 1.807) is 0 Å². The van der Waals surface area contributed by atoms with Gasteiger partial charge in [0.05, 0.1) is 7.11 Å². The second kappa shape index (κ2) is 2.94. The van der Waals surface area contributed by atoms with E-state index in [1.165, 1.54) is 7.11 Å². The quantitative estimate of drug-likeness (QED) is 0.558. The molecule has 12 heavy (non-hydrogen) atoms. The molecule has 0 spiro atoms. The molecule has 0 aromatic heterocycles. The van der Waals surface area contributed by atoms with Crippen molar-refractivity contribution in [2.75, 3.05) is 26.7 Å². The first-order valence-corrected chi connectivity index (χ1v) is 4.36. The van der Waals surface area contributed by atoms with Gasteiger partial charge in [0.1, 0.15) is 0 Å². The zero-order chi connectivity index (χ0) is 8.55. The summed E-state index contributed by atoms with van der Waals surface area (Å²) < 4.78 is 4.70. The zero-order valence-electron chi connectivity index (χ0n) is 7.25. The van der Waals surface area contributed by atoms with E-state index in [0.717, 1.165) is 26.1 Å². The summed E-state index contributed by atoms with van der Waals surface area (Å²) in [5.41, 5.74) is 0. The molecule has 2 atom stereocenters. The lowest BCUT2D eigenvalue weighted by Crippen LogP contribution is -2.41. The Kier molecular flexibility index (Phi) is 1.92. The molecule has 1 amide bonds. The maximum Gasteiger partial charge on any atom is 0.409 e.